The van der Waals surface area contributed by atoms with Crippen molar-refractivity contribution in [2.75, 3.05) is 5.32 Å². The highest BCUT2D eigenvalue weighted by Gasteiger charge is 2.30. The number of halogens is 4. The summed E-state index contributed by atoms with van der Waals surface area (Å²) in [5.41, 5.74) is 0.219. The summed E-state index contributed by atoms with van der Waals surface area (Å²) in [6, 6.07) is 15.5. The fourth-order valence-corrected chi connectivity index (χ4v) is 2.76. The zero-order chi connectivity index (χ0) is 20.4. The molecule has 4 aromatic rings. The summed E-state index contributed by atoms with van der Waals surface area (Å²) in [5, 5.41) is 3.72. The third-order valence-corrected chi connectivity index (χ3v) is 4.15. The number of rotatable bonds is 4. The van der Waals surface area contributed by atoms with Gasteiger partial charge in [-0.15, -0.1) is 0 Å². The Kier molecular flexibility index (Phi) is 4.75. The number of aromatic nitrogens is 2. The Bertz CT molecular complexity index is 1160. The van der Waals surface area contributed by atoms with Crippen LogP contribution in [-0.2, 0) is 6.18 Å². The van der Waals surface area contributed by atoms with Gasteiger partial charge in [0.25, 0.3) is 0 Å². The normalized spacial score (nSPS) is 11.4. The molecule has 3 aromatic carbocycles. The molecule has 0 unspecified atom stereocenters. The predicted octanol–water partition coefficient (Wildman–Crippen LogP) is 6.32. The number of anilines is 2. The number of nitrogens with one attached hydrogen (secondary N) is 1. The summed E-state index contributed by atoms with van der Waals surface area (Å²) in [6.45, 7) is 0. The smallest absolute Gasteiger partial charge is 0.416 e. The van der Waals surface area contributed by atoms with Crippen molar-refractivity contribution in [3.05, 3.63) is 84.4 Å². The average Bonchev–Trinajstić information content (AvgIpc) is 2.69. The molecule has 0 aliphatic rings. The van der Waals surface area contributed by atoms with Gasteiger partial charge < -0.3 is 10.1 Å². The molecule has 1 heterocycles. The second-order valence-electron chi connectivity index (χ2n) is 6.13. The Morgan fingerprint density at radius 1 is 0.862 bits per heavy atom. The van der Waals surface area contributed by atoms with Crippen LogP contribution in [0.25, 0.3) is 10.9 Å². The van der Waals surface area contributed by atoms with E-state index in [1.807, 2.05) is 0 Å². The van der Waals surface area contributed by atoms with Crippen molar-refractivity contribution in [1.29, 1.82) is 0 Å². The summed E-state index contributed by atoms with van der Waals surface area (Å²) < 4.78 is 57.3. The highest BCUT2D eigenvalue weighted by atomic mass is 19.4. The molecule has 146 valence electrons. The molecule has 0 aliphatic heterocycles. The van der Waals surface area contributed by atoms with E-state index in [0.29, 0.717) is 28.2 Å². The Balaban J connectivity index is 1.63. The number of hydrogen-bond donors (Lipinski definition) is 1. The number of hydrogen-bond acceptors (Lipinski definition) is 4. The van der Waals surface area contributed by atoms with Gasteiger partial charge in [-0.1, -0.05) is 12.1 Å². The van der Waals surface area contributed by atoms with Crippen LogP contribution in [0.15, 0.2) is 73.1 Å². The van der Waals surface area contributed by atoms with Gasteiger partial charge in [0.15, 0.2) is 5.75 Å². The fraction of sp³-hybridized carbons (Fsp3) is 0.0476. The number of fused-ring (bicyclic) bond motifs is 1. The molecule has 0 saturated carbocycles. The SMILES string of the molecule is Fc1ccc2c(Nc3ccccc3Oc3ccc(C(F)(F)F)cc3)ncnc2c1. The molecule has 0 atom stereocenters. The van der Waals surface area contributed by atoms with E-state index >= 15 is 0 Å². The standard InChI is InChI=1S/C21H13F4N3O/c22-14-7-10-16-18(11-14)26-12-27-20(16)28-17-3-1-2-4-19(17)29-15-8-5-13(6-9-15)21(23,24)25/h1-12H,(H,26,27,28). The molecular weight excluding hydrogens is 386 g/mol. The molecule has 0 fully saturated rings. The van der Waals surface area contributed by atoms with Gasteiger partial charge in [0.1, 0.15) is 23.7 Å². The Morgan fingerprint density at radius 3 is 2.38 bits per heavy atom. The van der Waals surface area contributed by atoms with E-state index in [2.05, 4.69) is 15.3 Å². The average molecular weight is 399 g/mol. The molecule has 0 aliphatic carbocycles. The van der Waals surface area contributed by atoms with E-state index in [1.165, 1.54) is 30.6 Å². The van der Waals surface area contributed by atoms with Gasteiger partial charge in [-0.2, -0.15) is 13.2 Å². The van der Waals surface area contributed by atoms with Crippen LogP contribution in [0.1, 0.15) is 5.56 Å². The molecule has 1 aromatic heterocycles. The highest BCUT2D eigenvalue weighted by molar-refractivity contribution is 5.91. The molecule has 0 spiro atoms. The van der Waals surface area contributed by atoms with Crippen molar-refractivity contribution in [2.45, 2.75) is 6.18 Å². The van der Waals surface area contributed by atoms with Gasteiger partial charge in [0.05, 0.1) is 16.8 Å². The van der Waals surface area contributed by atoms with Crippen LogP contribution in [-0.4, -0.2) is 9.97 Å². The summed E-state index contributed by atoms with van der Waals surface area (Å²) in [6.07, 6.45) is -3.10. The second kappa shape index (κ2) is 7.38. The Morgan fingerprint density at radius 2 is 1.62 bits per heavy atom. The molecular formula is C21H13F4N3O. The zero-order valence-electron chi connectivity index (χ0n) is 14.7. The number of para-hydroxylation sites is 2. The van der Waals surface area contributed by atoms with Crippen LogP contribution in [0.5, 0.6) is 11.5 Å². The number of ether oxygens (including phenoxy) is 1. The predicted molar refractivity (Wildman–Crippen MR) is 101 cm³/mol. The fourth-order valence-electron chi connectivity index (χ4n) is 2.76. The maximum absolute atomic E-state index is 13.4. The maximum Gasteiger partial charge on any atom is 0.416 e. The van der Waals surface area contributed by atoms with Crippen LogP contribution in [0.4, 0.5) is 29.1 Å². The van der Waals surface area contributed by atoms with Gasteiger partial charge in [0, 0.05) is 11.5 Å². The molecule has 0 saturated heterocycles. The molecule has 4 rings (SSSR count). The van der Waals surface area contributed by atoms with E-state index < -0.39 is 17.6 Å². The summed E-state index contributed by atoms with van der Waals surface area (Å²) >= 11 is 0. The van der Waals surface area contributed by atoms with E-state index in [0.717, 1.165) is 12.1 Å². The first-order valence-electron chi connectivity index (χ1n) is 8.51. The lowest BCUT2D eigenvalue weighted by Gasteiger charge is -2.14. The second-order valence-corrected chi connectivity index (χ2v) is 6.13. The first kappa shape index (κ1) is 18.7. The Labute approximate surface area is 162 Å². The highest BCUT2D eigenvalue weighted by Crippen LogP contribution is 2.35. The van der Waals surface area contributed by atoms with E-state index in [4.69, 9.17) is 4.74 Å². The quantitative estimate of drug-likeness (QED) is 0.408. The monoisotopic (exact) mass is 399 g/mol. The number of nitrogens with zero attached hydrogens (tertiary/aromatic N) is 2. The van der Waals surface area contributed by atoms with Crippen LogP contribution in [0.3, 0.4) is 0 Å². The zero-order valence-corrected chi connectivity index (χ0v) is 14.7. The van der Waals surface area contributed by atoms with Gasteiger partial charge in [-0.25, -0.2) is 14.4 Å². The summed E-state index contributed by atoms with van der Waals surface area (Å²) in [5.74, 6) is 0.676. The van der Waals surface area contributed by atoms with Crippen LogP contribution < -0.4 is 10.1 Å². The minimum Gasteiger partial charge on any atom is -0.455 e. The summed E-state index contributed by atoms with van der Waals surface area (Å²) in [7, 11) is 0. The Hall–Kier alpha value is -3.68. The van der Waals surface area contributed by atoms with Gasteiger partial charge in [-0.05, 0) is 48.5 Å². The molecule has 4 nitrogen and oxygen atoms in total. The third kappa shape index (κ3) is 4.11. The largest absolute Gasteiger partial charge is 0.455 e. The van der Waals surface area contributed by atoms with Gasteiger partial charge >= 0.3 is 6.18 Å². The lowest BCUT2D eigenvalue weighted by Crippen LogP contribution is -2.04. The van der Waals surface area contributed by atoms with Gasteiger partial charge in [-0.3, -0.25) is 0 Å². The van der Waals surface area contributed by atoms with Crippen LogP contribution >= 0.6 is 0 Å². The van der Waals surface area contributed by atoms with Crippen molar-refractivity contribution >= 4 is 22.4 Å². The molecule has 0 amide bonds. The van der Waals surface area contributed by atoms with Crippen LogP contribution in [0.2, 0.25) is 0 Å². The van der Waals surface area contributed by atoms with Crippen LogP contribution in [0, 0.1) is 5.82 Å². The lowest BCUT2D eigenvalue weighted by atomic mass is 10.2. The van der Waals surface area contributed by atoms with Crippen molar-refractivity contribution in [1.82, 2.24) is 9.97 Å². The number of benzene rings is 3. The van der Waals surface area contributed by atoms with Crippen molar-refractivity contribution in [3.63, 3.8) is 0 Å². The molecule has 0 bridgehead atoms. The first-order valence-corrected chi connectivity index (χ1v) is 8.51. The lowest BCUT2D eigenvalue weighted by molar-refractivity contribution is -0.137. The minimum atomic E-state index is -4.41. The van der Waals surface area contributed by atoms with E-state index in [-0.39, 0.29) is 5.75 Å². The minimum absolute atomic E-state index is 0.252. The number of alkyl halides is 3. The van der Waals surface area contributed by atoms with Crippen molar-refractivity contribution in [2.24, 2.45) is 0 Å². The van der Waals surface area contributed by atoms with E-state index in [1.54, 1.807) is 30.3 Å². The topological polar surface area (TPSA) is 47.0 Å². The van der Waals surface area contributed by atoms with Crippen molar-refractivity contribution in [3.8, 4) is 11.5 Å². The molecule has 1 N–H and O–H groups in total. The summed E-state index contributed by atoms with van der Waals surface area (Å²) in [4.78, 5) is 8.24. The van der Waals surface area contributed by atoms with E-state index in [9.17, 15) is 17.6 Å². The molecule has 29 heavy (non-hydrogen) atoms. The third-order valence-electron chi connectivity index (χ3n) is 4.15. The molecule has 0 radical (unpaired) electrons. The first-order chi connectivity index (χ1) is 13.9. The van der Waals surface area contributed by atoms with Gasteiger partial charge in [0.2, 0.25) is 0 Å². The maximum atomic E-state index is 13.4. The van der Waals surface area contributed by atoms with Crippen molar-refractivity contribution < 1.29 is 22.3 Å². The molecule has 8 heteroatoms.